The van der Waals surface area contributed by atoms with Crippen molar-refractivity contribution in [2.75, 3.05) is 0 Å². The van der Waals surface area contributed by atoms with Crippen LogP contribution >= 0.6 is 23.2 Å². The molecule has 0 aliphatic carbocycles. The van der Waals surface area contributed by atoms with E-state index in [2.05, 4.69) is 4.98 Å². The van der Waals surface area contributed by atoms with Gasteiger partial charge in [-0.15, -0.1) is 0 Å². The Morgan fingerprint density at radius 2 is 2.05 bits per heavy atom. The van der Waals surface area contributed by atoms with Crippen molar-refractivity contribution in [1.29, 1.82) is 0 Å². The summed E-state index contributed by atoms with van der Waals surface area (Å²) in [5.41, 5.74) is -0.480. The van der Waals surface area contributed by atoms with Gasteiger partial charge in [-0.25, -0.2) is 4.98 Å². The van der Waals surface area contributed by atoms with E-state index in [0.717, 1.165) is 12.3 Å². The van der Waals surface area contributed by atoms with E-state index in [1.807, 2.05) is 0 Å². The Balaban J connectivity index is 2.36. The zero-order valence-electron chi connectivity index (χ0n) is 9.42. The fourth-order valence-electron chi connectivity index (χ4n) is 1.50. The highest BCUT2D eigenvalue weighted by Gasteiger charge is 2.12. The highest BCUT2D eigenvalue weighted by molar-refractivity contribution is 6.32. The quantitative estimate of drug-likeness (QED) is 0.495. The van der Waals surface area contributed by atoms with Gasteiger partial charge in [-0.3, -0.25) is 14.9 Å². The summed E-state index contributed by atoms with van der Waals surface area (Å²) in [5, 5.41) is 11.2. The number of aromatic nitrogens is 2. The van der Waals surface area contributed by atoms with E-state index in [-0.39, 0.29) is 16.9 Å². The molecule has 2 rings (SSSR count). The maximum Gasteiger partial charge on any atom is 0.332 e. The molecule has 0 aliphatic rings. The standard InChI is InChI=1S/C11H7Cl2N3O3/c12-10-2-1-7(11(13)14-10)5-15-4-3-9(17)8(6-15)16(18)19/h1-4,6H,5H2. The van der Waals surface area contributed by atoms with Gasteiger partial charge in [0.1, 0.15) is 10.3 Å². The van der Waals surface area contributed by atoms with Gasteiger partial charge in [0.2, 0.25) is 0 Å². The minimum atomic E-state index is -0.722. The lowest BCUT2D eigenvalue weighted by atomic mass is 10.3. The largest absolute Gasteiger partial charge is 0.344 e. The number of hydrogen-bond acceptors (Lipinski definition) is 4. The first-order valence-corrected chi connectivity index (χ1v) is 5.88. The number of nitro groups is 1. The number of hydrogen-bond donors (Lipinski definition) is 0. The molecule has 0 unspecified atom stereocenters. The average Bonchev–Trinajstić information content (AvgIpc) is 2.34. The molecule has 0 aromatic carbocycles. The lowest BCUT2D eigenvalue weighted by Crippen LogP contribution is -2.11. The van der Waals surface area contributed by atoms with E-state index in [9.17, 15) is 14.9 Å². The zero-order valence-corrected chi connectivity index (χ0v) is 10.9. The van der Waals surface area contributed by atoms with Crippen molar-refractivity contribution in [3.8, 4) is 0 Å². The molecule has 6 nitrogen and oxygen atoms in total. The first-order chi connectivity index (χ1) is 8.97. The first kappa shape index (κ1) is 13.5. The Labute approximate surface area is 117 Å². The Morgan fingerprint density at radius 3 is 2.68 bits per heavy atom. The fraction of sp³-hybridized carbons (Fsp3) is 0.0909. The van der Waals surface area contributed by atoms with E-state index in [1.165, 1.54) is 10.8 Å². The predicted octanol–water partition coefficient (Wildman–Crippen LogP) is 2.51. The summed E-state index contributed by atoms with van der Waals surface area (Å²) in [6.45, 7) is 0.254. The van der Waals surface area contributed by atoms with Crippen LogP contribution in [0.2, 0.25) is 10.3 Å². The van der Waals surface area contributed by atoms with Gasteiger partial charge in [0.15, 0.2) is 0 Å². The number of nitrogens with zero attached hydrogens (tertiary/aromatic N) is 3. The van der Waals surface area contributed by atoms with Gasteiger partial charge in [-0.05, 0) is 6.07 Å². The molecule has 2 aromatic heterocycles. The van der Waals surface area contributed by atoms with E-state index < -0.39 is 16.0 Å². The van der Waals surface area contributed by atoms with Crippen molar-refractivity contribution in [3.05, 3.63) is 66.8 Å². The molecule has 98 valence electrons. The van der Waals surface area contributed by atoms with Crippen molar-refractivity contribution in [1.82, 2.24) is 9.55 Å². The summed E-state index contributed by atoms with van der Waals surface area (Å²) in [5.74, 6) is 0. The van der Waals surface area contributed by atoms with Crippen LogP contribution in [0.5, 0.6) is 0 Å². The van der Waals surface area contributed by atoms with Crippen molar-refractivity contribution in [2.24, 2.45) is 0 Å². The topological polar surface area (TPSA) is 78.0 Å². The number of pyridine rings is 2. The highest BCUT2D eigenvalue weighted by atomic mass is 35.5. The van der Waals surface area contributed by atoms with Gasteiger partial charge >= 0.3 is 5.69 Å². The van der Waals surface area contributed by atoms with Gasteiger partial charge in [0, 0.05) is 17.8 Å². The van der Waals surface area contributed by atoms with Crippen LogP contribution in [0.3, 0.4) is 0 Å². The maximum absolute atomic E-state index is 11.3. The van der Waals surface area contributed by atoms with Crippen molar-refractivity contribution in [3.63, 3.8) is 0 Å². The minimum absolute atomic E-state index is 0.217. The molecule has 0 amide bonds. The third-order valence-corrected chi connectivity index (χ3v) is 2.94. The van der Waals surface area contributed by atoms with E-state index in [0.29, 0.717) is 5.56 Å². The molecule has 0 spiro atoms. The number of rotatable bonds is 3. The SMILES string of the molecule is O=c1ccn(Cc2ccc(Cl)nc2Cl)cc1[N+](=O)[O-]. The summed E-state index contributed by atoms with van der Waals surface area (Å²) < 4.78 is 1.48. The first-order valence-electron chi connectivity index (χ1n) is 5.13. The summed E-state index contributed by atoms with van der Waals surface area (Å²) in [4.78, 5) is 25.1. The summed E-state index contributed by atoms with van der Waals surface area (Å²) in [6, 6.07) is 4.37. The Bertz CT molecular complexity index is 700. The van der Waals surface area contributed by atoms with Crippen LogP contribution in [0.15, 0.2) is 35.4 Å². The second-order valence-electron chi connectivity index (χ2n) is 3.71. The van der Waals surface area contributed by atoms with Crippen molar-refractivity contribution >= 4 is 28.9 Å². The van der Waals surface area contributed by atoms with Crippen molar-refractivity contribution in [2.45, 2.75) is 6.54 Å². The molecule has 0 atom stereocenters. The summed E-state index contributed by atoms with van der Waals surface area (Å²) in [6.07, 6.45) is 2.60. The maximum atomic E-state index is 11.3. The van der Waals surface area contributed by atoms with Crippen LogP contribution in [0.25, 0.3) is 0 Å². The smallest absolute Gasteiger partial charge is 0.332 e. The second-order valence-corrected chi connectivity index (χ2v) is 4.45. The lowest BCUT2D eigenvalue weighted by Gasteiger charge is -2.07. The summed E-state index contributed by atoms with van der Waals surface area (Å²) >= 11 is 11.6. The van der Waals surface area contributed by atoms with Crippen molar-refractivity contribution < 1.29 is 4.92 Å². The monoisotopic (exact) mass is 299 g/mol. The van der Waals surface area contributed by atoms with E-state index >= 15 is 0 Å². The predicted molar refractivity (Wildman–Crippen MR) is 70.7 cm³/mol. The molecule has 0 aliphatic heterocycles. The molecular weight excluding hydrogens is 293 g/mol. The average molecular weight is 300 g/mol. The molecule has 0 saturated carbocycles. The third-order valence-electron chi connectivity index (χ3n) is 2.40. The van der Waals surface area contributed by atoms with Gasteiger partial charge in [0.25, 0.3) is 5.43 Å². The van der Waals surface area contributed by atoms with Gasteiger partial charge in [-0.2, -0.15) is 0 Å². The van der Waals surface area contributed by atoms with Gasteiger partial charge < -0.3 is 4.57 Å². The molecule has 0 saturated heterocycles. The zero-order chi connectivity index (χ0) is 14.0. The molecule has 0 fully saturated rings. The Hall–Kier alpha value is -1.92. The minimum Gasteiger partial charge on any atom is -0.344 e. The van der Waals surface area contributed by atoms with E-state index in [1.54, 1.807) is 12.1 Å². The Morgan fingerprint density at radius 1 is 1.32 bits per heavy atom. The number of halogens is 2. The van der Waals surface area contributed by atoms with Crippen LogP contribution in [-0.2, 0) is 6.54 Å². The summed E-state index contributed by atoms with van der Waals surface area (Å²) in [7, 11) is 0. The third kappa shape index (κ3) is 3.10. The highest BCUT2D eigenvalue weighted by Crippen LogP contribution is 2.18. The molecule has 0 N–H and O–H groups in total. The van der Waals surface area contributed by atoms with Crippen LogP contribution in [-0.4, -0.2) is 14.5 Å². The van der Waals surface area contributed by atoms with Crippen LogP contribution < -0.4 is 5.43 Å². The molecular formula is C11H7Cl2N3O3. The van der Waals surface area contributed by atoms with E-state index in [4.69, 9.17) is 23.2 Å². The second kappa shape index (κ2) is 5.38. The fourth-order valence-corrected chi connectivity index (χ4v) is 1.91. The molecule has 8 heteroatoms. The lowest BCUT2D eigenvalue weighted by molar-refractivity contribution is -0.386. The van der Waals surface area contributed by atoms with Crippen LogP contribution in [0, 0.1) is 10.1 Å². The normalized spacial score (nSPS) is 10.4. The van der Waals surface area contributed by atoms with Crippen LogP contribution in [0.4, 0.5) is 5.69 Å². The molecule has 2 aromatic rings. The molecule has 0 bridgehead atoms. The molecule has 19 heavy (non-hydrogen) atoms. The van der Waals surface area contributed by atoms with Gasteiger partial charge in [-0.1, -0.05) is 29.3 Å². The Kier molecular flexibility index (Phi) is 3.82. The van der Waals surface area contributed by atoms with Gasteiger partial charge in [0.05, 0.1) is 17.7 Å². The molecule has 0 radical (unpaired) electrons. The molecule has 2 heterocycles. The van der Waals surface area contributed by atoms with Crippen LogP contribution in [0.1, 0.15) is 5.56 Å².